The van der Waals surface area contributed by atoms with Gasteiger partial charge in [-0.3, -0.25) is 4.90 Å². The summed E-state index contributed by atoms with van der Waals surface area (Å²) in [6, 6.07) is 2.48. The van der Waals surface area contributed by atoms with Crippen LogP contribution in [-0.2, 0) is 0 Å². The van der Waals surface area contributed by atoms with Crippen LogP contribution in [0.3, 0.4) is 0 Å². The molecule has 1 fully saturated rings. The van der Waals surface area contributed by atoms with Crippen LogP contribution in [0.1, 0.15) is 26.7 Å². The van der Waals surface area contributed by atoms with Gasteiger partial charge < -0.3 is 10.6 Å². The maximum atomic E-state index is 8.61. The second kappa shape index (κ2) is 6.85. The summed E-state index contributed by atoms with van der Waals surface area (Å²) in [7, 11) is 0. The number of nitriles is 1. The molecule has 0 bridgehead atoms. The minimum Gasteiger partial charge on any atom is -0.316 e. The van der Waals surface area contributed by atoms with Crippen molar-refractivity contribution < 1.29 is 0 Å². The predicted octanol–water partition coefficient (Wildman–Crippen LogP) is 0.643. The lowest BCUT2D eigenvalue weighted by Gasteiger charge is -2.37. The average Bonchev–Trinajstić information content (AvgIpc) is 2.35. The van der Waals surface area contributed by atoms with Crippen molar-refractivity contribution in [2.24, 2.45) is 5.73 Å². The Bertz CT molecular complexity index is 228. The molecule has 1 saturated heterocycles. The monoisotopic (exact) mass is 224 g/mol. The van der Waals surface area contributed by atoms with E-state index in [1.165, 1.54) is 6.42 Å². The summed E-state index contributed by atoms with van der Waals surface area (Å²) in [5.74, 6) is 0. The fraction of sp³-hybridized carbons (Fsp3) is 0.917. The fourth-order valence-corrected chi connectivity index (χ4v) is 2.07. The van der Waals surface area contributed by atoms with E-state index in [-0.39, 0.29) is 6.04 Å². The molecule has 0 aromatic heterocycles. The third-order valence-electron chi connectivity index (χ3n) is 3.54. The molecule has 2 N–H and O–H groups in total. The van der Waals surface area contributed by atoms with Crippen LogP contribution in [0.4, 0.5) is 0 Å². The van der Waals surface area contributed by atoms with Crippen molar-refractivity contribution in [3.63, 3.8) is 0 Å². The summed E-state index contributed by atoms with van der Waals surface area (Å²) in [5, 5.41) is 8.61. The van der Waals surface area contributed by atoms with Gasteiger partial charge in [0.25, 0.3) is 0 Å². The quantitative estimate of drug-likeness (QED) is 0.745. The van der Waals surface area contributed by atoms with Gasteiger partial charge in [-0.25, -0.2) is 0 Å². The number of rotatable bonds is 5. The molecule has 1 aliphatic heterocycles. The van der Waals surface area contributed by atoms with E-state index in [1.54, 1.807) is 0 Å². The maximum Gasteiger partial charge on any atom is 0.0940 e. The van der Waals surface area contributed by atoms with Crippen molar-refractivity contribution in [1.29, 1.82) is 5.26 Å². The van der Waals surface area contributed by atoms with Gasteiger partial charge in [-0.2, -0.15) is 5.26 Å². The highest BCUT2D eigenvalue weighted by molar-refractivity contribution is 4.87. The van der Waals surface area contributed by atoms with Crippen LogP contribution in [0.25, 0.3) is 0 Å². The van der Waals surface area contributed by atoms with E-state index in [0.29, 0.717) is 6.04 Å². The number of nitrogens with zero attached hydrogens (tertiary/aromatic N) is 3. The summed E-state index contributed by atoms with van der Waals surface area (Å²) < 4.78 is 0. The zero-order valence-corrected chi connectivity index (χ0v) is 10.5. The van der Waals surface area contributed by atoms with Gasteiger partial charge in [0.05, 0.1) is 12.1 Å². The number of hydrogen-bond acceptors (Lipinski definition) is 4. The van der Waals surface area contributed by atoms with Crippen molar-refractivity contribution in [3.8, 4) is 6.07 Å². The Balaban J connectivity index is 2.20. The smallest absolute Gasteiger partial charge is 0.0940 e. The summed E-state index contributed by atoms with van der Waals surface area (Å²) in [6.07, 6.45) is 2.01. The van der Waals surface area contributed by atoms with E-state index >= 15 is 0 Å². The van der Waals surface area contributed by atoms with E-state index < -0.39 is 0 Å². The van der Waals surface area contributed by atoms with E-state index in [4.69, 9.17) is 11.0 Å². The lowest BCUT2D eigenvalue weighted by atomic mass is 10.1. The topological polar surface area (TPSA) is 56.3 Å². The first-order chi connectivity index (χ1) is 7.67. The van der Waals surface area contributed by atoms with E-state index in [2.05, 4.69) is 29.7 Å². The molecule has 0 aromatic rings. The molecule has 0 saturated carbocycles. The molecule has 0 amide bonds. The molecule has 4 nitrogen and oxygen atoms in total. The van der Waals surface area contributed by atoms with Crippen LogP contribution >= 0.6 is 0 Å². The van der Waals surface area contributed by atoms with Gasteiger partial charge in [-0.1, -0.05) is 6.92 Å². The Morgan fingerprint density at radius 1 is 1.31 bits per heavy atom. The molecule has 4 heteroatoms. The molecule has 16 heavy (non-hydrogen) atoms. The molecule has 0 aromatic carbocycles. The molecule has 1 aliphatic rings. The molecule has 1 rings (SSSR count). The SMILES string of the molecule is CCC(C)N1CCN(CCC(N)C#N)CC1. The summed E-state index contributed by atoms with van der Waals surface area (Å²) in [6.45, 7) is 10.0. The second-order valence-corrected chi connectivity index (χ2v) is 4.66. The highest BCUT2D eigenvalue weighted by atomic mass is 15.3. The van der Waals surface area contributed by atoms with Gasteiger partial charge in [-0.05, 0) is 19.8 Å². The highest BCUT2D eigenvalue weighted by Gasteiger charge is 2.19. The van der Waals surface area contributed by atoms with E-state index in [1.807, 2.05) is 0 Å². The predicted molar refractivity (Wildman–Crippen MR) is 66.0 cm³/mol. The van der Waals surface area contributed by atoms with Crippen LogP contribution in [0.2, 0.25) is 0 Å². The summed E-state index contributed by atoms with van der Waals surface area (Å²) in [5.41, 5.74) is 5.59. The van der Waals surface area contributed by atoms with Crippen molar-refractivity contribution in [2.45, 2.75) is 38.8 Å². The third kappa shape index (κ3) is 4.09. The first-order valence-electron chi connectivity index (χ1n) is 6.29. The molecular formula is C12H24N4. The van der Waals surface area contributed by atoms with Crippen molar-refractivity contribution in [3.05, 3.63) is 0 Å². The number of piperazine rings is 1. The highest BCUT2D eigenvalue weighted by Crippen LogP contribution is 2.09. The first kappa shape index (κ1) is 13.4. The van der Waals surface area contributed by atoms with Crippen LogP contribution in [0.5, 0.6) is 0 Å². The molecule has 0 spiro atoms. The normalized spacial score (nSPS) is 22.6. The van der Waals surface area contributed by atoms with E-state index in [9.17, 15) is 0 Å². The average molecular weight is 224 g/mol. The van der Waals surface area contributed by atoms with Gasteiger partial charge in [0.15, 0.2) is 0 Å². The minimum absolute atomic E-state index is 0.299. The number of nitrogens with two attached hydrogens (primary N) is 1. The Morgan fingerprint density at radius 3 is 2.44 bits per heavy atom. The Morgan fingerprint density at radius 2 is 1.94 bits per heavy atom. The molecule has 0 aliphatic carbocycles. The zero-order valence-electron chi connectivity index (χ0n) is 10.5. The second-order valence-electron chi connectivity index (χ2n) is 4.66. The molecule has 92 valence electrons. The van der Waals surface area contributed by atoms with Gasteiger partial charge in [-0.15, -0.1) is 0 Å². The van der Waals surface area contributed by atoms with Crippen LogP contribution in [0, 0.1) is 11.3 Å². The van der Waals surface area contributed by atoms with Gasteiger partial charge in [0.2, 0.25) is 0 Å². The molecular weight excluding hydrogens is 200 g/mol. The largest absolute Gasteiger partial charge is 0.316 e. The Labute approximate surface area is 99.0 Å². The van der Waals surface area contributed by atoms with E-state index in [0.717, 1.165) is 39.1 Å². The van der Waals surface area contributed by atoms with Gasteiger partial charge >= 0.3 is 0 Å². The van der Waals surface area contributed by atoms with Gasteiger partial charge in [0, 0.05) is 38.8 Å². The first-order valence-corrected chi connectivity index (χ1v) is 6.29. The molecule has 1 heterocycles. The van der Waals surface area contributed by atoms with Gasteiger partial charge in [0.1, 0.15) is 0 Å². The van der Waals surface area contributed by atoms with Crippen molar-refractivity contribution in [1.82, 2.24) is 9.80 Å². The van der Waals surface area contributed by atoms with Crippen LogP contribution in [-0.4, -0.2) is 54.6 Å². The van der Waals surface area contributed by atoms with Crippen LogP contribution in [0.15, 0.2) is 0 Å². The number of hydrogen-bond donors (Lipinski definition) is 1. The maximum absolute atomic E-state index is 8.61. The van der Waals surface area contributed by atoms with Crippen molar-refractivity contribution in [2.75, 3.05) is 32.7 Å². The summed E-state index contributed by atoms with van der Waals surface area (Å²) in [4.78, 5) is 4.96. The zero-order chi connectivity index (χ0) is 12.0. The Hall–Kier alpha value is -0.630. The van der Waals surface area contributed by atoms with Crippen molar-refractivity contribution >= 4 is 0 Å². The lowest BCUT2D eigenvalue weighted by Crippen LogP contribution is -2.50. The molecule has 0 radical (unpaired) electrons. The Kier molecular flexibility index (Phi) is 5.75. The van der Waals surface area contributed by atoms with Crippen LogP contribution < -0.4 is 5.73 Å². The lowest BCUT2D eigenvalue weighted by molar-refractivity contribution is 0.0995. The fourth-order valence-electron chi connectivity index (χ4n) is 2.07. The minimum atomic E-state index is -0.299. The third-order valence-corrected chi connectivity index (χ3v) is 3.54. The summed E-state index contributed by atoms with van der Waals surface area (Å²) >= 11 is 0. The standard InChI is InChI=1S/C12H24N4/c1-3-11(2)16-8-6-15(7-9-16)5-4-12(14)10-13/h11-12H,3-9,14H2,1-2H3. The molecule has 2 unspecified atom stereocenters. The molecule has 2 atom stereocenters.